The van der Waals surface area contributed by atoms with Crippen molar-refractivity contribution in [3.63, 3.8) is 0 Å². The molecular weight excluding hydrogens is 428 g/mol. The molecule has 7 rings (SSSR count). The molecule has 6 nitrogen and oxygen atoms in total. The third-order valence-corrected chi connectivity index (χ3v) is 9.25. The van der Waals surface area contributed by atoms with Crippen molar-refractivity contribution < 1.29 is 19.0 Å². The van der Waals surface area contributed by atoms with Gasteiger partial charge in [-0.2, -0.15) is 0 Å². The molecule has 1 saturated carbocycles. The number of hydrogen-bond acceptors (Lipinski definition) is 5. The summed E-state index contributed by atoms with van der Waals surface area (Å²) in [6.07, 6.45) is 4.09. The van der Waals surface area contributed by atoms with Crippen molar-refractivity contribution in [2.24, 2.45) is 23.7 Å². The second-order valence-corrected chi connectivity index (χ2v) is 11.3. The summed E-state index contributed by atoms with van der Waals surface area (Å²) in [6.45, 7) is 11.1. The van der Waals surface area contributed by atoms with Crippen LogP contribution in [0.15, 0.2) is 18.2 Å². The second kappa shape index (κ2) is 8.56. The highest BCUT2D eigenvalue weighted by Gasteiger charge is 2.48. The zero-order valence-corrected chi connectivity index (χ0v) is 20.9. The number of rotatable bonds is 4. The van der Waals surface area contributed by atoms with E-state index >= 15 is 0 Å². The second-order valence-electron chi connectivity index (χ2n) is 11.3. The fraction of sp³-hybridized carbons (Fsp3) is 0.679. The van der Waals surface area contributed by atoms with Crippen LogP contribution in [0.2, 0.25) is 0 Å². The number of nitrogens with zero attached hydrogens (tertiary/aromatic N) is 1. The molecule has 5 heterocycles. The maximum atomic E-state index is 11.7. The number of aromatic amines is 1. The number of benzene rings is 1. The van der Waals surface area contributed by atoms with Crippen LogP contribution in [0, 0.1) is 23.7 Å². The van der Waals surface area contributed by atoms with Crippen molar-refractivity contribution in [3.8, 4) is 5.75 Å². The van der Waals surface area contributed by atoms with E-state index in [0.717, 1.165) is 30.6 Å². The Morgan fingerprint density at radius 2 is 2.12 bits per heavy atom. The zero-order chi connectivity index (χ0) is 23.6. The van der Waals surface area contributed by atoms with Crippen molar-refractivity contribution in [1.82, 2.24) is 9.88 Å². The van der Waals surface area contributed by atoms with Gasteiger partial charge in [0.05, 0.1) is 6.61 Å². The molecular formula is C28H38N2O4. The monoisotopic (exact) mass is 466 g/mol. The van der Waals surface area contributed by atoms with E-state index in [0.29, 0.717) is 24.5 Å². The summed E-state index contributed by atoms with van der Waals surface area (Å²) in [6, 6.07) is 7.01. The lowest BCUT2D eigenvalue weighted by molar-refractivity contribution is -0.220. The number of nitrogens with one attached hydrogen (secondary N) is 1. The van der Waals surface area contributed by atoms with Gasteiger partial charge in [-0.05, 0) is 60.8 Å². The van der Waals surface area contributed by atoms with Gasteiger partial charge in [0, 0.05) is 54.5 Å². The van der Waals surface area contributed by atoms with Gasteiger partial charge in [-0.15, -0.1) is 0 Å². The van der Waals surface area contributed by atoms with Gasteiger partial charge in [0.15, 0.2) is 6.10 Å². The van der Waals surface area contributed by atoms with Crippen LogP contribution in [0.25, 0.3) is 10.9 Å². The Kier molecular flexibility index (Phi) is 5.64. The molecule has 1 aliphatic carbocycles. The van der Waals surface area contributed by atoms with Crippen molar-refractivity contribution >= 4 is 16.9 Å². The molecule has 4 fully saturated rings. The molecule has 4 bridgehead atoms. The predicted molar refractivity (Wildman–Crippen MR) is 131 cm³/mol. The SMILES string of the molecule is CC[C@H]1C[C@H]2C[C@H]3c4[nH]c5ccc(OC6OC[C@@H](C)[C@@H](C)[C@H]6OC(C)=O)cc5c4CCN(C2)C13. The molecule has 3 saturated heterocycles. The zero-order valence-electron chi connectivity index (χ0n) is 20.9. The predicted octanol–water partition coefficient (Wildman–Crippen LogP) is 4.87. The van der Waals surface area contributed by atoms with Crippen LogP contribution in [0.3, 0.4) is 0 Å². The molecule has 4 aliphatic heterocycles. The van der Waals surface area contributed by atoms with E-state index in [1.807, 2.05) is 6.07 Å². The lowest BCUT2D eigenvalue weighted by atomic mass is 9.65. The summed E-state index contributed by atoms with van der Waals surface area (Å²) in [4.78, 5) is 18.4. The smallest absolute Gasteiger partial charge is 0.303 e. The topological polar surface area (TPSA) is 63.8 Å². The van der Waals surface area contributed by atoms with Crippen molar-refractivity contribution in [3.05, 3.63) is 29.5 Å². The van der Waals surface area contributed by atoms with Gasteiger partial charge in [-0.25, -0.2) is 0 Å². The first kappa shape index (κ1) is 22.4. The van der Waals surface area contributed by atoms with Crippen LogP contribution >= 0.6 is 0 Å². The lowest BCUT2D eigenvalue weighted by Crippen LogP contribution is -2.56. The first-order valence-corrected chi connectivity index (χ1v) is 13.3. The molecule has 184 valence electrons. The summed E-state index contributed by atoms with van der Waals surface area (Å²) >= 11 is 0. The fourth-order valence-corrected chi connectivity index (χ4v) is 7.40. The molecule has 0 spiro atoms. The maximum Gasteiger partial charge on any atom is 0.303 e. The summed E-state index contributed by atoms with van der Waals surface area (Å²) in [7, 11) is 0. The van der Waals surface area contributed by atoms with Gasteiger partial charge in [-0.1, -0.05) is 27.2 Å². The summed E-state index contributed by atoms with van der Waals surface area (Å²) in [5.41, 5.74) is 4.14. The van der Waals surface area contributed by atoms with E-state index in [1.165, 1.54) is 54.9 Å². The van der Waals surface area contributed by atoms with Gasteiger partial charge in [0.1, 0.15) is 5.75 Å². The van der Waals surface area contributed by atoms with Crippen LogP contribution in [-0.2, 0) is 20.7 Å². The summed E-state index contributed by atoms with van der Waals surface area (Å²) < 4.78 is 18.0. The normalized spacial score (nSPS) is 38.9. The van der Waals surface area contributed by atoms with Crippen molar-refractivity contribution in [1.29, 1.82) is 0 Å². The number of carbonyl (C=O) groups excluding carboxylic acids is 1. The number of esters is 1. The van der Waals surface area contributed by atoms with Crippen LogP contribution in [0.4, 0.5) is 0 Å². The van der Waals surface area contributed by atoms with E-state index in [2.05, 4.69) is 42.8 Å². The number of aromatic nitrogens is 1. The van der Waals surface area contributed by atoms with E-state index in [4.69, 9.17) is 14.2 Å². The standard InChI is InChI=1S/C28H38N2O4/c1-5-19-10-18-11-23-25-21(8-9-30(13-18)26(19)23)22-12-20(6-7-24(22)29-25)34-28-27(33-17(4)31)16(3)15(2)14-32-28/h6-7,12,15-16,18-19,23,26-29H,5,8-11,13-14H2,1-4H3/t15-,16-,18+,19+,23+,26?,27-,28?/m1/s1. The Bertz CT molecular complexity index is 1080. The molecule has 5 aliphatic rings. The molecule has 0 amide bonds. The Labute approximate surface area is 202 Å². The van der Waals surface area contributed by atoms with Gasteiger partial charge in [0.2, 0.25) is 6.29 Å². The highest BCUT2D eigenvalue weighted by Crippen LogP contribution is 2.51. The molecule has 1 aromatic carbocycles. The van der Waals surface area contributed by atoms with Crippen LogP contribution in [0.1, 0.15) is 64.1 Å². The Morgan fingerprint density at radius 1 is 1.26 bits per heavy atom. The number of piperidine rings is 2. The van der Waals surface area contributed by atoms with E-state index in [-0.39, 0.29) is 11.9 Å². The quantitative estimate of drug-likeness (QED) is 0.652. The summed E-state index contributed by atoms with van der Waals surface area (Å²) in [5.74, 6) is 3.23. The molecule has 9 atom stereocenters. The number of H-pyrrole nitrogens is 1. The van der Waals surface area contributed by atoms with Gasteiger partial charge < -0.3 is 19.2 Å². The minimum absolute atomic E-state index is 0.171. The third kappa shape index (κ3) is 3.65. The molecule has 1 N–H and O–H groups in total. The van der Waals surface area contributed by atoms with E-state index < -0.39 is 12.4 Å². The van der Waals surface area contributed by atoms with E-state index in [1.54, 1.807) is 0 Å². The van der Waals surface area contributed by atoms with Crippen molar-refractivity contribution in [2.45, 2.75) is 77.7 Å². The van der Waals surface area contributed by atoms with Crippen LogP contribution < -0.4 is 4.74 Å². The van der Waals surface area contributed by atoms with Gasteiger partial charge in [-0.3, -0.25) is 9.69 Å². The fourth-order valence-electron chi connectivity index (χ4n) is 7.40. The molecule has 34 heavy (non-hydrogen) atoms. The molecule has 2 aromatic rings. The van der Waals surface area contributed by atoms with Crippen LogP contribution in [-0.4, -0.2) is 54.0 Å². The van der Waals surface area contributed by atoms with Gasteiger partial charge >= 0.3 is 5.97 Å². The average Bonchev–Trinajstić information content (AvgIpc) is 3.14. The Morgan fingerprint density at radius 3 is 2.91 bits per heavy atom. The minimum Gasteiger partial charge on any atom is -0.461 e. The minimum atomic E-state index is -0.587. The highest BCUT2D eigenvalue weighted by atomic mass is 16.7. The largest absolute Gasteiger partial charge is 0.461 e. The number of fused-ring (bicyclic) bond motifs is 4. The molecule has 6 heteroatoms. The van der Waals surface area contributed by atoms with E-state index in [9.17, 15) is 4.79 Å². The molecule has 1 aromatic heterocycles. The first-order valence-electron chi connectivity index (χ1n) is 13.3. The average molecular weight is 467 g/mol. The number of hydrogen-bond donors (Lipinski definition) is 1. The first-order chi connectivity index (χ1) is 16.4. The summed E-state index contributed by atoms with van der Waals surface area (Å²) in [5, 5.41) is 1.27. The number of ether oxygens (including phenoxy) is 3. The van der Waals surface area contributed by atoms with Crippen molar-refractivity contribution in [2.75, 3.05) is 19.7 Å². The molecule has 0 radical (unpaired) electrons. The van der Waals surface area contributed by atoms with Gasteiger partial charge in [0.25, 0.3) is 0 Å². The maximum absolute atomic E-state index is 11.7. The highest BCUT2D eigenvalue weighted by molar-refractivity contribution is 5.86. The lowest BCUT2D eigenvalue weighted by Gasteiger charge is -2.53. The Hall–Kier alpha value is -2.05. The number of carbonyl (C=O) groups is 1. The Balaban J connectivity index is 1.31. The van der Waals surface area contributed by atoms with Crippen LogP contribution in [0.5, 0.6) is 5.75 Å². The third-order valence-electron chi connectivity index (χ3n) is 9.25. The molecule has 3 unspecified atom stereocenters.